The van der Waals surface area contributed by atoms with Gasteiger partial charge in [-0.15, -0.1) is 0 Å². The zero-order valence-electron chi connectivity index (χ0n) is 11.9. The van der Waals surface area contributed by atoms with Crippen LogP contribution in [-0.4, -0.2) is 22.8 Å². The van der Waals surface area contributed by atoms with E-state index in [1.165, 1.54) is 16.3 Å². The van der Waals surface area contributed by atoms with Gasteiger partial charge in [0.25, 0.3) is 0 Å². The second-order valence-electron chi connectivity index (χ2n) is 4.75. The Balaban J connectivity index is 1.85. The van der Waals surface area contributed by atoms with E-state index >= 15 is 0 Å². The van der Waals surface area contributed by atoms with Crippen molar-refractivity contribution in [2.75, 3.05) is 12.8 Å². The lowest BCUT2D eigenvalue weighted by Crippen LogP contribution is -2.19. The van der Waals surface area contributed by atoms with Crippen molar-refractivity contribution in [1.82, 2.24) is 15.3 Å². The van der Waals surface area contributed by atoms with Crippen molar-refractivity contribution in [1.29, 1.82) is 0 Å². The molecule has 3 aromatic rings. The summed E-state index contributed by atoms with van der Waals surface area (Å²) in [6.07, 6.45) is 3.56. The van der Waals surface area contributed by atoms with Crippen molar-refractivity contribution in [3.63, 3.8) is 0 Å². The van der Waals surface area contributed by atoms with Crippen LogP contribution in [0.15, 0.2) is 66.1 Å². The van der Waals surface area contributed by atoms with Crippen LogP contribution >= 0.6 is 11.8 Å². The second-order valence-corrected chi connectivity index (χ2v) is 5.74. The number of nitrogens with zero attached hydrogens (tertiary/aromatic N) is 2. The molecule has 1 aromatic heterocycles. The molecule has 106 valence electrons. The molecule has 3 rings (SSSR count). The number of nitrogens with one attached hydrogen (secondary N) is 1. The molecule has 4 heteroatoms. The van der Waals surface area contributed by atoms with E-state index in [-0.39, 0.29) is 6.04 Å². The van der Waals surface area contributed by atoms with Gasteiger partial charge >= 0.3 is 0 Å². The summed E-state index contributed by atoms with van der Waals surface area (Å²) < 4.78 is 0. The van der Waals surface area contributed by atoms with E-state index in [4.69, 9.17) is 0 Å². The predicted molar refractivity (Wildman–Crippen MR) is 88.5 cm³/mol. The Hall–Kier alpha value is -1.91. The Kier molecular flexibility index (Phi) is 4.48. The van der Waals surface area contributed by atoms with Crippen molar-refractivity contribution < 1.29 is 0 Å². The molecule has 0 fully saturated rings. The van der Waals surface area contributed by atoms with Gasteiger partial charge in [0.05, 0.1) is 0 Å². The van der Waals surface area contributed by atoms with E-state index in [9.17, 15) is 0 Å². The average molecular weight is 295 g/mol. The first-order valence-electron chi connectivity index (χ1n) is 6.93. The minimum absolute atomic E-state index is 0.268. The van der Waals surface area contributed by atoms with Crippen LogP contribution in [0.25, 0.3) is 10.8 Å². The first-order valence-corrected chi connectivity index (χ1v) is 7.92. The maximum Gasteiger partial charge on any atom is 0.187 e. The van der Waals surface area contributed by atoms with Gasteiger partial charge in [-0.3, -0.25) is 0 Å². The topological polar surface area (TPSA) is 37.8 Å². The highest BCUT2D eigenvalue weighted by Gasteiger charge is 2.13. The summed E-state index contributed by atoms with van der Waals surface area (Å²) in [4.78, 5) is 8.53. The van der Waals surface area contributed by atoms with Crippen molar-refractivity contribution in [3.05, 3.63) is 66.5 Å². The third kappa shape index (κ3) is 3.23. The Labute approximate surface area is 128 Å². The fourth-order valence-electron chi connectivity index (χ4n) is 2.40. The third-order valence-corrected chi connectivity index (χ3v) is 4.44. The molecule has 0 amide bonds. The number of hydrogen-bond donors (Lipinski definition) is 1. The average Bonchev–Trinajstić information content (AvgIpc) is 2.56. The molecular weight excluding hydrogens is 278 g/mol. The molecular formula is C17H17N3S. The molecule has 21 heavy (non-hydrogen) atoms. The molecule has 0 saturated carbocycles. The van der Waals surface area contributed by atoms with Crippen LogP contribution in [-0.2, 0) is 0 Å². The number of hydrogen-bond acceptors (Lipinski definition) is 4. The van der Waals surface area contributed by atoms with E-state index in [2.05, 4.69) is 57.7 Å². The van der Waals surface area contributed by atoms with Crippen LogP contribution in [0.5, 0.6) is 0 Å². The van der Waals surface area contributed by atoms with E-state index in [1.54, 1.807) is 24.2 Å². The normalized spacial score (nSPS) is 12.4. The highest BCUT2D eigenvalue weighted by molar-refractivity contribution is 7.99. The standard InChI is InChI=1S/C17H17N3S/c1-18-16(12-21-17-19-10-5-11-20-17)15-9-4-7-13-6-2-3-8-14(13)15/h2-11,16,18H,12H2,1H3. The maximum absolute atomic E-state index is 4.27. The highest BCUT2D eigenvalue weighted by atomic mass is 32.2. The van der Waals surface area contributed by atoms with Crippen molar-refractivity contribution in [2.24, 2.45) is 0 Å². The van der Waals surface area contributed by atoms with Gasteiger partial charge in [-0.05, 0) is 29.4 Å². The summed E-state index contributed by atoms with van der Waals surface area (Å²) >= 11 is 1.67. The van der Waals surface area contributed by atoms with Gasteiger partial charge in [-0.2, -0.15) is 0 Å². The molecule has 0 aliphatic carbocycles. The van der Waals surface area contributed by atoms with Crippen LogP contribution < -0.4 is 5.32 Å². The van der Waals surface area contributed by atoms with Crippen LogP contribution in [0.3, 0.4) is 0 Å². The van der Waals surface area contributed by atoms with Crippen molar-refractivity contribution in [3.8, 4) is 0 Å². The summed E-state index contributed by atoms with van der Waals surface area (Å²) in [6.45, 7) is 0. The number of aromatic nitrogens is 2. The van der Waals surface area contributed by atoms with Gasteiger partial charge in [-0.1, -0.05) is 54.2 Å². The van der Waals surface area contributed by atoms with Crippen molar-refractivity contribution >= 4 is 22.5 Å². The molecule has 0 spiro atoms. The number of benzene rings is 2. The lowest BCUT2D eigenvalue weighted by atomic mass is 10.00. The highest BCUT2D eigenvalue weighted by Crippen LogP contribution is 2.27. The first kappa shape index (κ1) is 14.0. The molecule has 0 aliphatic rings. The minimum Gasteiger partial charge on any atom is -0.312 e. The summed E-state index contributed by atoms with van der Waals surface area (Å²) in [5, 5.41) is 6.80. The summed E-state index contributed by atoms with van der Waals surface area (Å²) in [6, 6.07) is 17.1. The molecule has 3 nitrogen and oxygen atoms in total. The van der Waals surface area contributed by atoms with Gasteiger partial charge in [-0.25, -0.2) is 9.97 Å². The predicted octanol–water partition coefficient (Wildman–Crippen LogP) is 3.68. The zero-order valence-corrected chi connectivity index (χ0v) is 12.7. The number of thioether (sulfide) groups is 1. The van der Waals surface area contributed by atoms with Gasteiger partial charge in [0.15, 0.2) is 5.16 Å². The van der Waals surface area contributed by atoms with Crippen LogP contribution in [0.1, 0.15) is 11.6 Å². The zero-order chi connectivity index (χ0) is 14.5. The smallest absolute Gasteiger partial charge is 0.187 e. The van der Waals surface area contributed by atoms with Crippen LogP contribution in [0.4, 0.5) is 0 Å². The monoisotopic (exact) mass is 295 g/mol. The quantitative estimate of drug-likeness (QED) is 0.575. The van der Waals surface area contributed by atoms with Gasteiger partial charge in [0, 0.05) is 24.2 Å². The lowest BCUT2D eigenvalue weighted by molar-refractivity contribution is 0.665. The van der Waals surface area contributed by atoms with Gasteiger partial charge in [0.2, 0.25) is 0 Å². The van der Waals surface area contributed by atoms with Gasteiger partial charge < -0.3 is 5.32 Å². The maximum atomic E-state index is 4.27. The molecule has 0 radical (unpaired) electrons. The lowest BCUT2D eigenvalue weighted by Gasteiger charge is -2.18. The Morgan fingerprint density at radius 3 is 2.57 bits per heavy atom. The van der Waals surface area contributed by atoms with Gasteiger partial charge in [0.1, 0.15) is 0 Å². The number of rotatable bonds is 5. The largest absolute Gasteiger partial charge is 0.312 e. The van der Waals surface area contributed by atoms with E-state index in [0.29, 0.717) is 0 Å². The van der Waals surface area contributed by atoms with E-state index in [1.807, 2.05) is 13.1 Å². The fraction of sp³-hybridized carbons (Fsp3) is 0.176. The Morgan fingerprint density at radius 1 is 1.00 bits per heavy atom. The molecule has 1 N–H and O–H groups in total. The van der Waals surface area contributed by atoms with E-state index in [0.717, 1.165) is 10.9 Å². The molecule has 1 atom stereocenters. The molecule has 1 heterocycles. The summed E-state index contributed by atoms with van der Waals surface area (Å²) in [7, 11) is 2.00. The van der Waals surface area contributed by atoms with E-state index < -0.39 is 0 Å². The van der Waals surface area contributed by atoms with Crippen LogP contribution in [0.2, 0.25) is 0 Å². The Bertz CT molecular complexity index is 710. The Morgan fingerprint density at radius 2 is 1.76 bits per heavy atom. The fourth-order valence-corrected chi connectivity index (χ4v) is 3.33. The van der Waals surface area contributed by atoms with Crippen molar-refractivity contribution in [2.45, 2.75) is 11.2 Å². The summed E-state index contributed by atoms with van der Waals surface area (Å²) in [5.41, 5.74) is 1.32. The molecule has 1 unspecified atom stereocenters. The first-order chi connectivity index (χ1) is 10.4. The molecule has 0 saturated heterocycles. The molecule has 0 aliphatic heterocycles. The minimum atomic E-state index is 0.268. The SMILES string of the molecule is CNC(CSc1ncccn1)c1cccc2ccccc12. The second kappa shape index (κ2) is 6.70. The van der Waals surface area contributed by atoms with Crippen LogP contribution in [0, 0.1) is 0 Å². The molecule has 2 aromatic carbocycles. The number of fused-ring (bicyclic) bond motifs is 1. The third-order valence-electron chi connectivity index (χ3n) is 3.47. The molecule has 0 bridgehead atoms. The summed E-state index contributed by atoms with van der Waals surface area (Å²) in [5.74, 6) is 0.897.